The molecule has 1 unspecified atom stereocenters. The van der Waals surface area contributed by atoms with Gasteiger partial charge in [0.2, 0.25) is 5.91 Å². The van der Waals surface area contributed by atoms with Gasteiger partial charge in [0, 0.05) is 5.56 Å². The second-order valence-electron chi connectivity index (χ2n) is 4.32. The van der Waals surface area contributed by atoms with Crippen molar-refractivity contribution < 1.29 is 18.8 Å². The highest BCUT2D eigenvalue weighted by Crippen LogP contribution is 2.12. The minimum Gasteiger partial charge on any atom is -0.409 e. The van der Waals surface area contributed by atoms with Gasteiger partial charge in [0.15, 0.2) is 17.5 Å². The molecule has 1 rings (SSSR count). The smallest absolute Gasteiger partial charge is 0.225 e. The number of halogens is 2. The number of amides is 1. The average molecular weight is 285 g/mol. The maximum absolute atomic E-state index is 13.4. The van der Waals surface area contributed by atoms with E-state index in [1.807, 2.05) is 6.92 Å². The van der Waals surface area contributed by atoms with Gasteiger partial charge >= 0.3 is 0 Å². The zero-order valence-electron chi connectivity index (χ0n) is 11.1. The SMILES string of the molecule is CCCC(NC(=O)Cc1cccc(F)c1F)/C(N)=N/O. The van der Waals surface area contributed by atoms with Gasteiger partial charge in [0.05, 0.1) is 12.5 Å². The largest absolute Gasteiger partial charge is 0.409 e. The number of oxime groups is 1. The fraction of sp³-hybridized carbons (Fsp3) is 0.385. The molecule has 0 aliphatic heterocycles. The number of carbonyl (C=O) groups is 1. The van der Waals surface area contributed by atoms with Gasteiger partial charge < -0.3 is 16.3 Å². The first-order chi connectivity index (χ1) is 9.49. The molecule has 0 bridgehead atoms. The molecule has 0 aliphatic carbocycles. The standard InChI is InChI=1S/C13H17F2N3O2/c1-2-4-10(13(16)18-20)17-11(19)7-8-5-3-6-9(14)12(8)15/h3,5-6,10,20H,2,4,7H2,1H3,(H2,16,18)(H,17,19). The van der Waals surface area contributed by atoms with E-state index in [4.69, 9.17) is 10.9 Å². The molecule has 0 fully saturated rings. The molecular formula is C13H17F2N3O2. The number of nitrogens with one attached hydrogen (secondary N) is 1. The molecule has 5 nitrogen and oxygen atoms in total. The first-order valence-electron chi connectivity index (χ1n) is 6.19. The van der Waals surface area contributed by atoms with Crippen molar-refractivity contribution in [3.63, 3.8) is 0 Å². The third-order valence-electron chi connectivity index (χ3n) is 2.77. The van der Waals surface area contributed by atoms with E-state index in [1.165, 1.54) is 12.1 Å². The zero-order chi connectivity index (χ0) is 15.1. The van der Waals surface area contributed by atoms with Crippen LogP contribution in [0.15, 0.2) is 23.4 Å². The Morgan fingerprint density at radius 3 is 2.80 bits per heavy atom. The quantitative estimate of drug-likeness (QED) is 0.320. The molecule has 0 radical (unpaired) electrons. The maximum atomic E-state index is 13.4. The van der Waals surface area contributed by atoms with E-state index in [0.29, 0.717) is 12.8 Å². The Balaban J connectivity index is 2.73. The van der Waals surface area contributed by atoms with Crippen molar-refractivity contribution in [2.45, 2.75) is 32.2 Å². The Morgan fingerprint density at radius 2 is 2.20 bits per heavy atom. The van der Waals surface area contributed by atoms with Gasteiger partial charge in [-0.3, -0.25) is 4.79 Å². The molecule has 20 heavy (non-hydrogen) atoms. The first-order valence-corrected chi connectivity index (χ1v) is 6.19. The lowest BCUT2D eigenvalue weighted by Crippen LogP contribution is -2.45. The summed E-state index contributed by atoms with van der Waals surface area (Å²) in [6.07, 6.45) is 0.866. The monoisotopic (exact) mass is 285 g/mol. The number of benzene rings is 1. The minimum absolute atomic E-state index is 0.0442. The van der Waals surface area contributed by atoms with Crippen LogP contribution in [0.1, 0.15) is 25.3 Å². The summed E-state index contributed by atoms with van der Waals surface area (Å²) in [5, 5.41) is 14.0. The molecule has 1 amide bonds. The summed E-state index contributed by atoms with van der Waals surface area (Å²) in [5.74, 6) is -2.70. The summed E-state index contributed by atoms with van der Waals surface area (Å²) < 4.78 is 26.4. The number of hydrogen-bond acceptors (Lipinski definition) is 3. The Hall–Kier alpha value is -2.18. The summed E-state index contributed by atoms with van der Waals surface area (Å²) in [4.78, 5) is 11.8. The Bertz CT molecular complexity index is 506. The van der Waals surface area contributed by atoms with Crippen molar-refractivity contribution in [1.82, 2.24) is 5.32 Å². The minimum atomic E-state index is -1.04. The molecule has 4 N–H and O–H groups in total. The lowest BCUT2D eigenvalue weighted by atomic mass is 10.1. The average Bonchev–Trinajstić information content (AvgIpc) is 2.42. The van der Waals surface area contributed by atoms with Crippen LogP contribution in [0.3, 0.4) is 0 Å². The summed E-state index contributed by atoms with van der Waals surface area (Å²) >= 11 is 0. The van der Waals surface area contributed by atoms with E-state index in [2.05, 4.69) is 10.5 Å². The van der Waals surface area contributed by atoms with Crippen LogP contribution in [-0.4, -0.2) is 23.0 Å². The third-order valence-corrected chi connectivity index (χ3v) is 2.77. The van der Waals surface area contributed by atoms with Crippen LogP contribution in [0.2, 0.25) is 0 Å². The van der Waals surface area contributed by atoms with Crippen LogP contribution in [0.25, 0.3) is 0 Å². The molecule has 0 aliphatic rings. The highest BCUT2D eigenvalue weighted by Gasteiger charge is 2.18. The van der Waals surface area contributed by atoms with Crippen molar-refractivity contribution in [2.24, 2.45) is 10.9 Å². The second-order valence-corrected chi connectivity index (χ2v) is 4.32. The van der Waals surface area contributed by atoms with Crippen LogP contribution in [0.4, 0.5) is 8.78 Å². The molecule has 7 heteroatoms. The van der Waals surface area contributed by atoms with E-state index >= 15 is 0 Å². The Labute approximate surface area is 115 Å². The zero-order valence-corrected chi connectivity index (χ0v) is 11.1. The number of nitrogens with two attached hydrogens (primary N) is 1. The second kappa shape index (κ2) is 7.42. The van der Waals surface area contributed by atoms with Crippen LogP contribution in [-0.2, 0) is 11.2 Å². The van der Waals surface area contributed by atoms with E-state index in [-0.39, 0.29) is 17.8 Å². The third kappa shape index (κ3) is 4.18. The topological polar surface area (TPSA) is 87.7 Å². The summed E-state index contributed by atoms with van der Waals surface area (Å²) in [6, 6.07) is 3.01. The van der Waals surface area contributed by atoms with Gasteiger partial charge in [-0.15, -0.1) is 0 Å². The number of rotatable bonds is 6. The maximum Gasteiger partial charge on any atom is 0.225 e. The first kappa shape index (κ1) is 15.9. The van der Waals surface area contributed by atoms with Crippen molar-refractivity contribution in [3.8, 4) is 0 Å². The molecule has 0 heterocycles. The van der Waals surface area contributed by atoms with E-state index in [0.717, 1.165) is 6.07 Å². The molecule has 1 aromatic carbocycles. The lowest BCUT2D eigenvalue weighted by Gasteiger charge is -2.16. The van der Waals surface area contributed by atoms with Crippen LogP contribution in [0, 0.1) is 11.6 Å². The van der Waals surface area contributed by atoms with Gasteiger partial charge in [-0.05, 0) is 12.5 Å². The Kier molecular flexibility index (Phi) is 5.89. The number of nitrogens with zero attached hydrogens (tertiary/aromatic N) is 1. The molecule has 1 atom stereocenters. The van der Waals surface area contributed by atoms with Gasteiger partial charge in [-0.1, -0.05) is 30.6 Å². The van der Waals surface area contributed by atoms with Crippen molar-refractivity contribution >= 4 is 11.7 Å². The predicted molar refractivity (Wildman–Crippen MR) is 70.3 cm³/mol. The van der Waals surface area contributed by atoms with Gasteiger partial charge in [0.1, 0.15) is 0 Å². The molecule has 110 valence electrons. The van der Waals surface area contributed by atoms with Crippen LogP contribution >= 0.6 is 0 Å². The highest BCUT2D eigenvalue weighted by atomic mass is 19.2. The lowest BCUT2D eigenvalue weighted by molar-refractivity contribution is -0.120. The number of hydrogen-bond donors (Lipinski definition) is 3. The molecule has 0 aromatic heterocycles. The number of amidine groups is 1. The normalized spacial score (nSPS) is 13.1. The summed E-state index contributed by atoms with van der Waals surface area (Å²) in [6.45, 7) is 1.87. The van der Waals surface area contributed by atoms with Crippen molar-refractivity contribution in [1.29, 1.82) is 0 Å². The van der Waals surface area contributed by atoms with Crippen LogP contribution < -0.4 is 11.1 Å². The van der Waals surface area contributed by atoms with Gasteiger partial charge in [-0.25, -0.2) is 8.78 Å². The van der Waals surface area contributed by atoms with Crippen LogP contribution in [0.5, 0.6) is 0 Å². The van der Waals surface area contributed by atoms with E-state index in [9.17, 15) is 13.6 Å². The fourth-order valence-corrected chi connectivity index (χ4v) is 1.76. The predicted octanol–water partition coefficient (Wildman–Crippen LogP) is 1.54. The summed E-state index contributed by atoms with van der Waals surface area (Å²) in [7, 11) is 0. The molecular weight excluding hydrogens is 268 g/mol. The molecule has 0 saturated heterocycles. The molecule has 0 spiro atoms. The van der Waals surface area contributed by atoms with Gasteiger partial charge in [-0.2, -0.15) is 0 Å². The van der Waals surface area contributed by atoms with Crippen molar-refractivity contribution in [3.05, 3.63) is 35.4 Å². The van der Waals surface area contributed by atoms with Crippen molar-refractivity contribution in [2.75, 3.05) is 0 Å². The number of carbonyl (C=O) groups excluding carboxylic acids is 1. The molecule has 1 aromatic rings. The fourth-order valence-electron chi connectivity index (χ4n) is 1.76. The van der Waals surface area contributed by atoms with E-state index in [1.54, 1.807) is 0 Å². The molecule has 0 saturated carbocycles. The Morgan fingerprint density at radius 1 is 1.50 bits per heavy atom. The summed E-state index contributed by atoms with van der Waals surface area (Å²) in [5.41, 5.74) is 5.41. The van der Waals surface area contributed by atoms with Gasteiger partial charge in [0.25, 0.3) is 0 Å². The van der Waals surface area contributed by atoms with E-state index < -0.39 is 23.6 Å². The highest BCUT2D eigenvalue weighted by molar-refractivity contribution is 5.90.